The summed E-state index contributed by atoms with van der Waals surface area (Å²) in [7, 11) is 0. The topological polar surface area (TPSA) is 26.7 Å². The van der Waals surface area contributed by atoms with Crippen molar-refractivity contribution >= 4 is 0 Å². The fourth-order valence-corrected chi connectivity index (χ4v) is 3.67. The molecule has 2 aliphatic rings. The van der Waals surface area contributed by atoms with Crippen LogP contribution in [-0.4, -0.2) is 66.0 Å². The Morgan fingerprint density at radius 1 is 1.10 bits per heavy atom. The number of alkyl halides is 3. The standard InChI is InChI=1S/C15H27F3N2O/c1-11(2)12-3-4-14(21)13(9-12)20-7-5-19(6-8-20)10-15(16,17)18/h11-14,21H,3-10H2,1-2H3. The molecule has 21 heavy (non-hydrogen) atoms. The largest absolute Gasteiger partial charge is 0.401 e. The maximum absolute atomic E-state index is 12.4. The van der Waals surface area contributed by atoms with Gasteiger partial charge in [0.25, 0.3) is 0 Å². The normalized spacial score (nSPS) is 33.6. The summed E-state index contributed by atoms with van der Waals surface area (Å²) < 4.78 is 37.2. The van der Waals surface area contributed by atoms with Crippen LogP contribution in [0.1, 0.15) is 33.1 Å². The van der Waals surface area contributed by atoms with Crippen molar-refractivity contribution in [1.29, 1.82) is 0 Å². The van der Waals surface area contributed by atoms with Crippen molar-refractivity contribution in [2.45, 2.75) is 51.4 Å². The monoisotopic (exact) mass is 308 g/mol. The molecule has 0 bridgehead atoms. The molecule has 3 nitrogen and oxygen atoms in total. The van der Waals surface area contributed by atoms with Gasteiger partial charge in [0.1, 0.15) is 0 Å². The Hall–Kier alpha value is -0.330. The highest BCUT2D eigenvalue weighted by Crippen LogP contribution is 2.33. The van der Waals surface area contributed by atoms with Crippen molar-refractivity contribution in [3.8, 4) is 0 Å². The van der Waals surface area contributed by atoms with Crippen LogP contribution in [0, 0.1) is 11.8 Å². The molecule has 3 atom stereocenters. The van der Waals surface area contributed by atoms with Gasteiger partial charge >= 0.3 is 6.18 Å². The van der Waals surface area contributed by atoms with Crippen molar-refractivity contribution in [2.75, 3.05) is 32.7 Å². The van der Waals surface area contributed by atoms with Gasteiger partial charge in [0.05, 0.1) is 12.6 Å². The van der Waals surface area contributed by atoms with E-state index in [4.69, 9.17) is 0 Å². The molecule has 6 heteroatoms. The number of halogens is 3. The fraction of sp³-hybridized carbons (Fsp3) is 1.00. The molecule has 0 aromatic carbocycles. The summed E-state index contributed by atoms with van der Waals surface area (Å²) in [5.74, 6) is 1.22. The van der Waals surface area contributed by atoms with Crippen LogP contribution < -0.4 is 0 Å². The number of hydrogen-bond donors (Lipinski definition) is 1. The molecule has 1 heterocycles. The average molecular weight is 308 g/mol. The molecule has 0 radical (unpaired) electrons. The molecule has 1 aliphatic carbocycles. The molecular formula is C15H27F3N2O. The zero-order chi connectivity index (χ0) is 15.6. The maximum atomic E-state index is 12.4. The third-order valence-electron chi connectivity index (χ3n) is 5.04. The van der Waals surface area contributed by atoms with Crippen molar-refractivity contribution in [2.24, 2.45) is 11.8 Å². The first-order valence-electron chi connectivity index (χ1n) is 7.97. The van der Waals surface area contributed by atoms with Gasteiger partial charge in [0.15, 0.2) is 0 Å². The lowest BCUT2D eigenvalue weighted by Crippen LogP contribution is -2.56. The summed E-state index contributed by atoms with van der Waals surface area (Å²) in [5.41, 5.74) is 0. The van der Waals surface area contributed by atoms with E-state index in [1.807, 2.05) is 0 Å². The molecule has 124 valence electrons. The number of nitrogens with zero attached hydrogens (tertiary/aromatic N) is 2. The van der Waals surface area contributed by atoms with Gasteiger partial charge in [0, 0.05) is 32.2 Å². The van der Waals surface area contributed by atoms with Crippen LogP contribution in [0.2, 0.25) is 0 Å². The van der Waals surface area contributed by atoms with E-state index in [-0.39, 0.29) is 12.1 Å². The highest BCUT2D eigenvalue weighted by molar-refractivity contribution is 4.90. The van der Waals surface area contributed by atoms with Crippen molar-refractivity contribution in [3.05, 3.63) is 0 Å². The van der Waals surface area contributed by atoms with E-state index >= 15 is 0 Å². The highest BCUT2D eigenvalue weighted by atomic mass is 19.4. The van der Waals surface area contributed by atoms with E-state index in [0.717, 1.165) is 19.3 Å². The molecule has 1 N–H and O–H groups in total. The van der Waals surface area contributed by atoms with Gasteiger partial charge in [-0.1, -0.05) is 13.8 Å². The van der Waals surface area contributed by atoms with Gasteiger partial charge in [-0.25, -0.2) is 0 Å². The third-order valence-corrected chi connectivity index (χ3v) is 5.04. The summed E-state index contributed by atoms with van der Waals surface area (Å²) in [6.07, 6.45) is -1.60. The molecule has 0 aromatic heterocycles. The molecule has 1 aliphatic heterocycles. The predicted octanol–water partition coefficient (Wildman–Crippen LogP) is 2.35. The van der Waals surface area contributed by atoms with Crippen molar-refractivity contribution < 1.29 is 18.3 Å². The van der Waals surface area contributed by atoms with Crippen LogP contribution in [0.5, 0.6) is 0 Å². The zero-order valence-corrected chi connectivity index (χ0v) is 12.9. The van der Waals surface area contributed by atoms with E-state index in [1.54, 1.807) is 0 Å². The molecule has 0 aromatic rings. The van der Waals surface area contributed by atoms with Crippen molar-refractivity contribution in [3.63, 3.8) is 0 Å². The lowest BCUT2D eigenvalue weighted by atomic mass is 9.77. The minimum atomic E-state index is -4.12. The van der Waals surface area contributed by atoms with E-state index < -0.39 is 12.7 Å². The Labute approximate surface area is 125 Å². The van der Waals surface area contributed by atoms with Gasteiger partial charge in [-0.15, -0.1) is 0 Å². The second-order valence-corrected chi connectivity index (χ2v) is 6.88. The first-order valence-corrected chi connectivity index (χ1v) is 7.97. The third kappa shape index (κ3) is 4.83. The number of aliphatic hydroxyl groups excluding tert-OH is 1. The fourth-order valence-electron chi connectivity index (χ4n) is 3.67. The smallest absolute Gasteiger partial charge is 0.391 e. The minimum absolute atomic E-state index is 0.124. The summed E-state index contributed by atoms with van der Waals surface area (Å²) >= 11 is 0. The van der Waals surface area contributed by atoms with Gasteiger partial charge in [0.2, 0.25) is 0 Å². The second-order valence-electron chi connectivity index (χ2n) is 6.88. The Morgan fingerprint density at radius 2 is 1.71 bits per heavy atom. The van der Waals surface area contributed by atoms with Gasteiger partial charge < -0.3 is 5.11 Å². The summed E-state index contributed by atoms with van der Waals surface area (Å²) in [6, 6.07) is 0.124. The second kappa shape index (κ2) is 6.84. The molecule has 1 saturated heterocycles. The molecule has 3 unspecified atom stereocenters. The van der Waals surface area contributed by atoms with Crippen LogP contribution in [0.15, 0.2) is 0 Å². The first-order chi connectivity index (χ1) is 9.76. The van der Waals surface area contributed by atoms with E-state index in [0.29, 0.717) is 38.0 Å². The lowest BCUT2D eigenvalue weighted by Gasteiger charge is -2.45. The number of rotatable bonds is 3. The van der Waals surface area contributed by atoms with Crippen LogP contribution >= 0.6 is 0 Å². The van der Waals surface area contributed by atoms with Gasteiger partial charge in [-0.05, 0) is 31.1 Å². The lowest BCUT2D eigenvalue weighted by molar-refractivity contribution is -0.151. The molecule has 2 rings (SSSR count). The number of aliphatic hydroxyl groups is 1. The van der Waals surface area contributed by atoms with Crippen LogP contribution in [-0.2, 0) is 0 Å². The van der Waals surface area contributed by atoms with Crippen LogP contribution in [0.25, 0.3) is 0 Å². The molecule has 0 spiro atoms. The number of hydrogen-bond acceptors (Lipinski definition) is 3. The van der Waals surface area contributed by atoms with E-state index in [2.05, 4.69) is 18.7 Å². The average Bonchev–Trinajstić information content (AvgIpc) is 2.38. The zero-order valence-electron chi connectivity index (χ0n) is 12.9. The summed E-state index contributed by atoms with van der Waals surface area (Å²) in [5, 5.41) is 10.2. The first kappa shape index (κ1) is 17.0. The van der Waals surface area contributed by atoms with E-state index in [1.165, 1.54) is 4.90 Å². The molecule has 1 saturated carbocycles. The predicted molar refractivity (Wildman–Crippen MR) is 76.0 cm³/mol. The van der Waals surface area contributed by atoms with Crippen LogP contribution in [0.3, 0.4) is 0 Å². The maximum Gasteiger partial charge on any atom is 0.401 e. The SMILES string of the molecule is CC(C)C1CCC(O)C(N2CCN(CC(F)(F)F)CC2)C1. The minimum Gasteiger partial charge on any atom is -0.391 e. The Morgan fingerprint density at radius 3 is 2.24 bits per heavy atom. The highest BCUT2D eigenvalue weighted by Gasteiger charge is 2.37. The summed E-state index contributed by atoms with van der Waals surface area (Å²) in [4.78, 5) is 3.66. The Bertz CT molecular complexity index is 327. The van der Waals surface area contributed by atoms with E-state index in [9.17, 15) is 18.3 Å². The quantitative estimate of drug-likeness (QED) is 0.867. The molecule has 0 amide bonds. The van der Waals surface area contributed by atoms with Gasteiger partial charge in [-0.3, -0.25) is 9.80 Å². The molecule has 2 fully saturated rings. The number of piperazine rings is 1. The van der Waals surface area contributed by atoms with Crippen LogP contribution in [0.4, 0.5) is 13.2 Å². The Kier molecular flexibility index (Phi) is 5.54. The van der Waals surface area contributed by atoms with Crippen molar-refractivity contribution in [1.82, 2.24) is 9.80 Å². The summed E-state index contributed by atoms with van der Waals surface area (Å²) in [6.45, 7) is 5.74. The van der Waals surface area contributed by atoms with Gasteiger partial charge in [-0.2, -0.15) is 13.2 Å². The molecular weight excluding hydrogens is 281 g/mol. The Balaban J connectivity index is 1.85.